The first-order valence-corrected chi connectivity index (χ1v) is 6.04. The van der Waals surface area contributed by atoms with E-state index in [0.29, 0.717) is 6.61 Å². The third-order valence-corrected chi connectivity index (χ3v) is 3.34. The first-order valence-electron chi connectivity index (χ1n) is 6.04. The number of hydrogen-bond acceptors (Lipinski definition) is 3. The van der Waals surface area contributed by atoms with Crippen molar-refractivity contribution in [3.63, 3.8) is 0 Å². The number of allylic oxidation sites excluding steroid dienone is 2. The van der Waals surface area contributed by atoms with Gasteiger partial charge < -0.3 is 4.74 Å². The van der Waals surface area contributed by atoms with E-state index in [1.54, 1.807) is 13.8 Å². The standard InChI is InChI=1S/C14H20O3/c1-5-17-14(16)8-13-9(2)6-7-12(10(13)3)11(4)15/h8,10,12H,2,5-7H2,1,3-4H3/b13-8+/t10-,12+/m0/s1. The summed E-state index contributed by atoms with van der Waals surface area (Å²) in [6.07, 6.45) is 3.10. The Kier molecular flexibility index (Phi) is 4.67. The topological polar surface area (TPSA) is 43.4 Å². The van der Waals surface area contributed by atoms with E-state index < -0.39 is 0 Å². The van der Waals surface area contributed by atoms with Crippen LogP contribution in [-0.2, 0) is 14.3 Å². The number of Topliss-reactive ketones (excluding diaryl/α,β-unsaturated/α-hetero) is 1. The summed E-state index contributed by atoms with van der Waals surface area (Å²) in [6.45, 7) is 9.68. The van der Waals surface area contributed by atoms with Crippen LogP contribution in [-0.4, -0.2) is 18.4 Å². The van der Waals surface area contributed by atoms with Gasteiger partial charge in [0.15, 0.2) is 0 Å². The lowest BCUT2D eigenvalue weighted by Gasteiger charge is -2.31. The normalized spacial score (nSPS) is 27.0. The summed E-state index contributed by atoms with van der Waals surface area (Å²) in [6, 6.07) is 0. The van der Waals surface area contributed by atoms with Gasteiger partial charge in [0, 0.05) is 12.0 Å². The molecule has 3 heteroatoms. The molecule has 3 nitrogen and oxygen atoms in total. The first kappa shape index (κ1) is 13.7. The highest BCUT2D eigenvalue weighted by molar-refractivity contribution is 5.85. The molecule has 0 radical (unpaired) electrons. The SMILES string of the molecule is C=C1CC[C@@H](C(C)=O)[C@H](C)/C1=C/C(=O)OCC. The highest BCUT2D eigenvalue weighted by Gasteiger charge is 2.30. The monoisotopic (exact) mass is 236 g/mol. The van der Waals surface area contributed by atoms with Crippen LogP contribution in [0.2, 0.25) is 0 Å². The van der Waals surface area contributed by atoms with Gasteiger partial charge >= 0.3 is 5.97 Å². The van der Waals surface area contributed by atoms with E-state index in [1.165, 1.54) is 6.08 Å². The maximum Gasteiger partial charge on any atom is 0.331 e. The van der Waals surface area contributed by atoms with Crippen LogP contribution in [0.25, 0.3) is 0 Å². The number of carbonyl (C=O) groups is 2. The predicted molar refractivity (Wildman–Crippen MR) is 66.4 cm³/mol. The van der Waals surface area contributed by atoms with E-state index in [9.17, 15) is 9.59 Å². The third-order valence-electron chi connectivity index (χ3n) is 3.34. The van der Waals surface area contributed by atoms with Crippen LogP contribution in [0.1, 0.15) is 33.6 Å². The van der Waals surface area contributed by atoms with Crippen LogP contribution in [0.5, 0.6) is 0 Å². The molecule has 0 unspecified atom stereocenters. The molecule has 0 heterocycles. The molecule has 0 aromatic heterocycles. The van der Waals surface area contributed by atoms with E-state index in [1.807, 2.05) is 6.92 Å². The van der Waals surface area contributed by atoms with Gasteiger partial charge in [0.2, 0.25) is 0 Å². The van der Waals surface area contributed by atoms with Crippen molar-refractivity contribution in [1.29, 1.82) is 0 Å². The largest absolute Gasteiger partial charge is 0.463 e. The number of rotatable bonds is 3. The first-order chi connectivity index (χ1) is 7.97. The molecule has 0 bridgehead atoms. The van der Waals surface area contributed by atoms with E-state index in [0.717, 1.165) is 24.0 Å². The van der Waals surface area contributed by atoms with Crippen LogP contribution in [0.3, 0.4) is 0 Å². The zero-order chi connectivity index (χ0) is 13.0. The molecule has 2 atom stereocenters. The average Bonchev–Trinajstić information content (AvgIpc) is 2.24. The number of hydrogen-bond donors (Lipinski definition) is 0. The summed E-state index contributed by atoms with van der Waals surface area (Å²) in [5.74, 6) is -0.112. The molecule has 0 N–H and O–H groups in total. The van der Waals surface area contributed by atoms with E-state index in [2.05, 4.69) is 6.58 Å². The van der Waals surface area contributed by atoms with Gasteiger partial charge in [0.1, 0.15) is 5.78 Å². The highest BCUT2D eigenvalue weighted by atomic mass is 16.5. The summed E-state index contributed by atoms with van der Waals surface area (Å²) in [5, 5.41) is 0. The molecule has 94 valence electrons. The number of ketones is 1. The van der Waals surface area contributed by atoms with Crippen molar-refractivity contribution >= 4 is 11.8 Å². The number of carbonyl (C=O) groups excluding carboxylic acids is 2. The maximum atomic E-state index is 11.5. The maximum absolute atomic E-state index is 11.5. The fourth-order valence-corrected chi connectivity index (χ4v) is 2.36. The number of esters is 1. The minimum Gasteiger partial charge on any atom is -0.463 e. The van der Waals surface area contributed by atoms with Crippen molar-refractivity contribution in [3.05, 3.63) is 23.8 Å². The van der Waals surface area contributed by atoms with Crippen LogP contribution in [0, 0.1) is 11.8 Å². The molecule has 0 aromatic carbocycles. The van der Waals surface area contributed by atoms with Gasteiger partial charge in [-0.05, 0) is 38.2 Å². The van der Waals surface area contributed by atoms with Crippen molar-refractivity contribution in [1.82, 2.24) is 0 Å². The summed E-state index contributed by atoms with van der Waals surface area (Å²) in [5.41, 5.74) is 1.82. The molecule has 0 aromatic rings. The molecule has 1 saturated carbocycles. The van der Waals surface area contributed by atoms with Crippen molar-refractivity contribution in [3.8, 4) is 0 Å². The minimum atomic E-state index is -0.347. The van der Waals surface area contributed by atoms with E-state index >= 15 is 0 Å². The quantitative estimate of drug-likeness (QED) is 0.559. The predicted octanol–water partition coefficient (Wildman–Crippen LogP) is 2.67. The summed E-state index contributed by atoms with van der Waals surface area (Å²) in [4.78, 5) is 23.0. The third kappa shape index (κ3) is 3.29. The summed E-state index contributed by atoms with van der Waals surface area (Å²) < 4.78 is 4.90. The smallest absolute Gasteiger partial charge is 0.331 e. The van der Waals surface area contributed by atoms with Crippen LogP contribution >= 0.6 is 0 Å². The van der Waals surface area contributed by atoms with E-state index in [-0.39, 0.29) is 23.6 Å². The van der Waals surface area contributed by atoms with E-state index in [4.69, 9.17) is 4.74 Å². The van der Waals surface area contributed by atoms with Crippen LogP contribution < -0.4 is 0 Å². The van der Waals surface area contributed by atoms with Gasteiger partial charge in [-0.1, -0.05) is 19.1 Å². The molecule has 0 saturated heterocycles. The molecule has 1 aliphatic carbocycles. The van der Waals surface area contributed by atoms with Gasteiger partial charge in [-0.15, -0.1) is 0 Å². The summed E-state index contributed by atoms with van der Waals surface area (Å²) in [7, 11) is 0. The Hall–Kier alpha value is -1.38. The Balaban J connectivity index is 2.90. The van der Waals surface area contributed by atoms with Crippen LogP contribution in [0.15, 0.2) is 23.8 Å². The molecule has 0 amide bonds. The Morgan fingerprint density at radius 3 is 2.71 bits per heavy atom. The molecule has 17 heavy (non-hydrogen) atoms. The molecular weight excluding hydrogens is 216 g/mol. The Morgan fingerprint density at radius 1 is 1.53 bits per heavy atom. The lowest BCUT2D eigenvalue weighted by Crippen LogP contribution is -2.26. The molecule has 0 aliphatic heterocycles. The van der Waals surface area contributed by atoms with Crippen molar-refractivity contribution < 1.29 is 14.3 Å². The Labute approximate surface area is 103 Å². The Morgan fingerprint density at radius 2 is 2.18 bits per heavy atom. The van der Waals surface area contributed by atoms with Gasteiger partial charge in [-0.2, -0.15) is 0 Å². The summed E-state index contributed by atoms with van der Waals surface area (Å²) >= 11 is 0. The van der Waals surface area contributed by atoms with Gasteiger partial charge in [-0.25, -0.2) is 4.79 Å². The molecule has 1 rings (SSSR count). The second-order valence-electron chi connectivity index (χ2n) is 4.50. The molecule has 0 spiro atoms. The van der Waals surface area contributed by atoms with Crippen molar-refractivity contribution in [2.75, 3.05) is 6.61 Å². The lowest BCUT2D eigenvalue weighted by atomic mass is 9.73. The zero-order valence-electron chi connectivity index (χ0n) is 10.8. The fraction of sp³-hybridized carbons (Fsp3) is 0.571. The van der Waals surface area contributed by atoms with Gasteiger partial charge in [-0.3, -0.25) is 4.79 Å². The van der Waals surface area contributed by atoms with Crippen LogP contribution in [0.4, 0.5) is 0 Å². The second kappa shape index (κ2) is 5.80. The molecule has 1 aliphatic rings. The lowest BCUT2D eigenvalue weighted by molar-refractivity contribution is -0.137. The highest BCUT2D eigenvalue weighted by Crippen LogP contribution is 2.37. The molecule has 1 fully saturated rings. The van der Waals surface area contributed by atoms with Gasteiger partial charge in [0.25, 0.3) is 0 Å². The number of ether oxygens (including phenoxy) is 1. The molecular formula is C14H20O3. The second-order valence-corrected chi connectivity index (χ2v) is 4.50. The fourth-order valence-electron chi connectivity index (χ4n) is 2.36. The average molecular weight is 236 g/mol. The van der Waals surface area contributed by atoms with Crippen molar-refractivity contribution in [2.45, 2.75) is 33.6 Å². The zero-order valence-corrected chi connectivity index (χ0v) is 10.8. The van der Waals surface area contributed by atoms with Gasteiger partial charge in [0.05, 0.1) is 6.61 Å². The van der Waals surface area contributed by atoms with Crippen molar-refractivity contribution in [2.24, 2.45) is 11.8 Å². The minimum absolute atomic E-state index is 0.00109. The Bertz CT molecular complexity index is 366.